The van der Waals surface area contributed by atoms with Gasteiger partial charge in [0.15, 0.2) is 0 Å². The highest BCUT2D eigenvalue weighted by molar-refractivity contribution is 7.89. The monoisotopic (exact) mass is 417 g/mol. The zero-order valence-electron chi connectivity index (χ0n) is 16.5. The number of carbonyl (C=O) groups is 2. The molecule has 0 radical (unpaired) electrons. The third-order valence-corrected chi connectivity index (χ3v) is 6.52. The maximum Gasteiger partial charge on any atom is 0.257 e. The molecule has 29 heavy (non-hydrogen) atoms. The summed E-state index contributed by atoms with van der Waals surface area (Å²) in [7, 11) is 0.616. The van der Waals surface area contributed by atoms with Crippen LogP contribution in [0.4, 0.5) is 11.4 Å². The summed E-state index contributed by atoms with van der Waals surface area (Å²) in [4.78, 5) is 26.8. The largest absolute Gasteiger partial charge is 0.495 e. The minimum atomic E-state index is -3.68. The number of ether oxygens (including phenoxy) is 1. The molecule has 2 aromatic carbocycles. The van der Waals surface area contributed by atoms with Gasteiger partial charge >= 0.3 is 0 Å². The van der Waals surface area contributed by atoms with E-state index in [-0.39, 0.29) is 16.5 Å². The lowest BCUT2D eigenvalue weighted by atomic mass is 10.1. The molecule has 2 aromatic rings. The topological polar surface area (TPSA) is 96.0 Å². The molecule has 1 heterocycles. The lowest BCUT2D eigenvalue weighted by molar-refractivity contribution is -0.117. The van der Waals surface area contributed by atoms with Gasteiger partial charge < -0.3 is 15.0 Å². The van der Waals surface area contributed by atoms with Gasteiger partial charge in [0, 0.05) is 27.1 Å². The Balaban J connectivity index is 1.97. The SMILES string of the molecule is COc1ccc(S(=O)(=O)N(C)C)cc1NC(=O)c1ccccc1N1CCCC1=O. The first kappa shape index (κ1) is 20.8. The molecule has 1 fully saturated rings. The van der Waals surface area contributed by atoms with Gasteiger partial charge in [0.25, 0.3) is 5.91 Å². The molecule has 0 bridgehead atoms. The fraction of sp³-hybridized carbons (Fsp3) is 0.300. The Morgan fingerprint density at radius 1 is 1.17 bits per heavy atom. The first-order valence-electron chi connectivity index (χ1n) is 9.07. The van der Waals surface area contributed by atoms with Crippen LogP contribution in [0, 0.1) is 0 Å². The summed E-state index contributed by atoms with van der Waals surface area (Å²) >= 11 is 0. The quantitative estimate of drug-likeness (QED) is 0.778. The molecule has 0 aromatic heterocycles. The highest BCUT2D eigenvalue weighted by atomic mass is 32.2. The Morgan fingerprint density at radius 3 is 2.52 bits per heavy atom. The van der Waals surface area contributed by atoms with E-state index in [1.165, 1.54) is 39.4 Å². The molecule has 0 aliphatic carbocycles. The second kappa shape index (κ2) is 8.22. The summed E-state index contributed by atoms with van der Waals surface area (Å²) in [5, 5.41) is 2.72. The number of rotatable bonds is 6. The third-order valence-electron chi connectivity index (χ3n) is 4.71. The van der Waals surface area contributed by atoms with Crippen LogP contribution in [0.15, 0.2) is 47.4 Å². The van der Waals surface area contributed by atoms with Gasteiger partial charge in [0.05, 0.1) is 28.9 Å². The van der Waals surface area contributed by atoms with Crippen molar-refractivity contribution >= 4 is 33.2 Å². The van der Waals surface area contributed by atoms with Gasteiger partial charge in [-0.2, -0.15) is 0 Å². The molecule has 1 aliphatic heterocycles. The van der Waals surface area contributed by atoms with E-state index in [1.54, 1.807) is 29.2 Å². The predicted octanol–water partition coefficient (Wildman–Crippen LogP) is 2.32. The van der Waals surface area contributed by atoms with Crippen molar-refractivity contribution in [3.8, 4) is 5.75 Å². The van der Waals surface area contributed by atoms with Gasteiger partial charge in [-0.1, -0.05) is 12.1 Å². The highest BCUT2D eigenvalue weighted by Gasteiger charge is 2.26. The second-order valence-electron chi connectivity index (χ2n) is 6.77. The number of hydrogen-bond acceptors (Lipinski definition) is 5. The van der Waals surface area contributed by atoms with Gasteiger partial charge in [0.1, 0.15) is 5.75 Å². The summed E-state index contributed by atoms with van der Waals surface area (Å²) in [5.74, 6) is -0.161. The van der Waals surface area contributed by atoms with Crippen LogP contribution in [-0.2, 0) is 14.8 Å². The Morgan fingerprint density at radius 2 is 1.90 bits per heavy atom. The lowest BCUT2D eigenvalue weighted by Gasteiger charge is -2.20. The molecular weight excluding hydrogens is 394 g/mol. The summed E-state index contributed by atoms with van der Waals surface area (Å²) in [6, 6.07) is 11.1. The number of benzene rings is 2. The lowest BCUT2D eigenvalue weighted by Crippen LogP contribution is -2.27. The molecule has 0 atom stereocenters. The van der Waals surface area contributed by atoms with E-state index in [9.17, 15) is 18.0 Å². The van der Waals surface area contributed by atoms with E-state index in [0.29, 0.717) is 30.0 Å². The van der Waals surface area contributed by atoms with Crippen LogP contribution < -0.4 is 15.0 Å². The molecule has 0 spiro atoms. The summed E-state index contributed by atoms with van der Waals surface area (Å²) < 4.78 is 31.2. The fourth-order valence-electron chi connectivity index (χ4n) is 3.15. The number of nitrogens with one attached hydrogen (secondary N) is 1. The minimum Gasteiger partial charge on any atom is -0.495 e. The van der Waals surface area contributed by atoms with E-state index >= 15 is 0 Å². The Hall–Kier alpha value is -2.91. The summed E-state index contributed by atoms with van der Waals surface area (Å²) in [6.45, 7) is 0.559. The van der Waals surface area contributed by atoms with Crippen LogP contribution in [0.25, 0.3) is 0 Å². The summed E-state index contributed by atoms with van der Waals surface area (Å²) in [5.41, 5.74) is 1.08. The average Bonchev–Trinajstić information content (AvgIpc) is 3.13. The van der Waals surface area contributed by atoms with Crippen molar-refractivity contribution in [1.82, 2.24) is 4.31 Å². The molecule has 1 N–H and O–H groups in total. The Labute approximate surface area is 170 Å². The maximum atomic E-state index is 13.0. The van der Waals surface area contributed by atoms with Crippen LogP contribution in [0.5, 0.6) is 5.75 Å². The van der Waals surface area contributed by atoms with Crippen LogP contribution in [-0.4, -0.2) is 52.3 Å². The van der Waals surface area contributed by atoms with E-state index in [1.807, 2.05) is 0 Å². The van der Waals surface area contributed by atoms with E-state index in [2.05, 4.69) is 5.32 Å². The smallest absolute Gasteiger partial charge is 0.257 e. The number of para-hydroxylation sites is 1. The van der Waals surface area contributed by atoms with Crippen LogP contribution in [0.2, 0.25) is 0 Å². The van der Waals surface area contributed by atoms with E-state index in [4.69, 9.17) is 4.74 Å². The van der Waals surface area contributed by atoms with E-state index in [0.717, 1.165) is 10.7 Å². The van der Waals surface area contributed by atoms with Crippen molar-refractivity contribution in [3.63, 3.8) is 0 Å². The van der Waals surface area contributed by atoms with Gasteiger partial charge in [-0.25, -0.2) is 12.7 Å². The number of nitrogens with zero attached hydrogens (tertiary/aromatic N) is 2. The second-order valence-corrected chi connectivity index (χ2v) is 8.92. The minimum absolute atomic E-state index is 0.0260. The standard InChI is InChI=1S/C20H23N3O5S/c1-22(2)29(26,27)14-10-11-18(28-3)16(13-14)21-20(25)15-7-4-5-8-17(15)23-12-6-9-19(23)24/h4-5,7-8,10-11,13H,6,9,12H2,1-3H3,(H,21,25). The molecule has 2 amide bonds. The number of sulfonamides is 1. The van der Waals surface area contributed by atoms with Gasteiger partial charge in [0.2, 0.25) is 15.9 Å². The van der Waals surface area contributed by atoms with Gasteiger partial charge in [-0.3, -0.25) is 9.59 Å². The van der Waals surface area contributed by atoms with Crippen molar-refractivity contribution in [2.75, 3.05) is 38.0 Å². The van der Waals surface area contributed by atoms with Crippen LogP contribution in [0.1, 0.15) is 23.2 Å². The molecule has 9 heteroatoms. The Bertz CT molecular complexity index is 1050. The van der Waals surface area contributed by atoms with Crippen molar-refractivity contribution < 1.29 is 22.7 Å². The molecule has 1 aliphatic rings. The van der Waals surface area contributed by atoms with Gasteiger partial charge in [-0.15, -0.1) is 0 Å². The number of hydrogen-bond donors (Lipinski definition) is 1. The Kier molecular flexibility index (Phi) is 5.90. The maximum absolute atomic E-state index is 13.0. The number of methoxy groups -OCH3 is 1. The third kappa shape index (κ3) is 4.10. The highest BCUT2D eigenvalue weighted by Crippen LogP contribution is 2.31. The average molecular weight is 417 g/mol. The first-order valence-corrected chi connectivity index (χ1v) is 10.5. The van der Waals surface area contributed by atoms with Crippen molar-refractivity contribution in [2.24, 2.45) is 0 Å². The molecule has 3 rings (SSSR count). The summed E-state index contributed by atoms with van der Waals surface area (Å²) in [6.07, 6.45) is 1.20. The normalized spacial score (nSPS) is 14.3. The van der Waals surface area contributed by atoms with Crippen molar-refractivity contribution in [3.05, 3.63) is 48.0 Å². The van der Waals surface area contributed by atoms with Crippen LogP contribution in [0.3, 0.4) is 0 Å². The predicted molar refractivity (Wildman–Crippen MR) is 110 cm³/mol. The number of anilines is 2. The zero-order chi connectivity index (χ0) is 21.2. The number of carbonyl (C=O) groups excluding carboxylic acids is 2. The number of amides is 2. The molecule has 0 unspecified atom stereocenters. The molecule has 154 valence electrons. The molecular formula is C20H23N3O5S. The molecule has 1 saturated heterocycles. The van der Waals surface area contributed by atoms with Crippen molar-refractivity contribution in [2.45, 2.75) is 17.7 Å². The van der Waals surface area contributed by atoms with Gasteiger partial charge in [-0.05, 0) is 36.8 Å². The zero-order valence-corrected chi connectivity index (χ0v) is 17.3. The van der Waals surface area contributed by atoms with E-state index < -0.39 is 15.9 Å². The van der Waals surface area contributed by atoms with Crippen LogP contribution >= 0.6 is 0 Å². The fourth-order valence-corrected chi connectivity index (χ4v) is 4.08. The van der Waals surface area contributed by atoms with Crippen molar-refractivity contribution in [1.29, 1.82) is 0 Å². The molecule has 8 nitrogen and oxygen atoms in total. The molecule has 0 saturated carbocycles. The first-order chi connectivity index (χ1) is 13.8.